The molecule has 0 radical (unpaired) electrons. The van der Waals surface area contributed by atoms with Crippen LogP contribution in [0.2, 0.25) is 5.02 Å². The number of thiocarbonyl (C=S) groups is 1. The van der Waals surface area contributed by atoms with Gasteiger partial charge in [0.05, 0.1) is 0 Å². The number of hydrogen-bond acceptors (Lipinski definition) is 4. The molecule has 1 saturated heterocycles. The number of amides is 1. The van der Waals surface area contributed by atoms with Crippen molar-refractivity contribution in [3.63, 3.8) is 0 Å². The summed E-state index contributed by atoms with van der Waals surface area (Å²) in [4.78, 5) is 17.6. The Hall–Kier alpha value is -2.15. The van der Waals surface area contributed by atoms with Gasteiger partial charge >= 0.3 is 0 Å². The Labute approximate surface area is 182 Å². The third-order valence-corrected chi connectivity index (χ3v) is 5.93. The number of aryl methyl sites for hydroxylation is 1. The van der Waals surface area contributed by atoms with Crippen molar-refractivity contribution in [2.75, 3.05) is 44.6 Å². The van der Waals surface area contributed by atoms with E-state index in [4.69, 9.17) is 28.6 Å². The number of likely N-dealkylation sites (N-methyl/N-ethyl adjacent to an activating group) is 1. The van der Waals surface area contributed by atoms with E-state index in [1.807, 2.05) is 43.3 Å². The Morgan fingerprint density at radius 1 is 1.14 bits per heavy atom. The van der Waals surface area contributed by atoms with E-state index >= 15 is 0 Å². The fourth-order valence-corrected chi connectivity index (χ4v) is 3.66. The van der Waals surface area contributed by atoms with E-state index in [9.17, 15) is 4.79 Å². The molecule has 7 heteroatoms. The lowest BCUT2D eigenvalue weighted by atomic mass is 10.2. The van der Waals surface area contributed by atoms with Crippen molar-refractivity contribution in [1.29, 1.82) is 0 Å². The first-order valence-corrected chi connectivity index (χ1v) is 10.6. The molecule has 3 rings (SSSR count). The van der Waals surface area contributed by atoms with E-state index in [0.29, 0.717) is 16.5 Å². The van der Waals surface area contributed by atoms with Gasteiger partial charge in [-0.05, 0) is 55.4 Å². The standard InChI is InChI=1S/C22H26ClN3O2S/c1-3-25-10-12-26(13-11-25)22(29)17-5-8-19(9-6-17)28-15-21(27)24-18-7-4-16(2)20(23)14-18/h4-9,14H,3,10-13,15H2,1-2H3,(H,24,27). The quantitative estimate of drug-likeness (QED) is 0.701. The van der Waals surface area contributed by atoms with Gasteiger partial charge in [-0.15, -0.1) is 0 Å². The van der Waals surface area contributed by atoms with Crippen molar-refractivity contribution >= 4 is 40.4 Å². The molecule has 1 amide bonds. The molecule has 1 aliphatic heterocycles. The maximum Gasteiger partial charge on any atom is 0.262 e. The highest BCUT2D eigenvalue weighted by Gasteiger charge is 2.18. The van der Waals surface area contributed by atoms with Crippen LogP contribution in [0.3, 0.4) is 0 Å². The van der Waals surface area contributed by atoms with Gasteiger partial charge in [-0.3, -0.25) is 4.79 Å². The minimum Gasteiger partial charge on any atom is -0.484 e. The third-order valence-electron chi connectivity index (χ3n) is 5.03. The van der Waals surface area contributed by atoms with Crippen molar-refractivity contribution in [2.24, 2.45) is 0 Å². The van der Waals surface area contributed by atoms with Crippen molar-refractivity contribution in [1.82, 2.24) is 9.80 Å². The van der Waals surface area contributed by atoms with Gasteiger partial charge in [0.1, 0.15) is 10.7 Å². The minimum absolute atomic E-state index is 0.0751. The molecule has 154 valence electrons. The Bertz CT molecular complexity index is 865. The molecule has 0 saturated carbocycles. The Morgan fingerprint density at radius 2 is 1.83 bits per heavy atom. The predicted octanol–water partition coefficient (Wildman–Crippen LogP) is 3.98. The summed E-state index contributed by atoms with van der Waals surface area (Å²) in [5, 5.41) is 3.40. The van der Waals surface area contributed by atoms with E-state index in [-0.39, 0.29) is 12.5 Å². The fraction of sp³-hybridized carbons (Fsp3) is 0.364. The number of nitrogens with one attached hydrogen (secondary N) is 1. The molecule has 1 N–H and O–H groups in total. The summed E-state index contributed by atoms with van der Waals surface area (Å²) in [6.45, 7) is 9.09. The number of benzene rings is 2. The number of hydrogen-bond donors (Lipinski definition) is 1. The molecule has 0 atom stereocenters. The van der Waals surface area contributed by atoms with Crippen LogP contribution in [0, 0.1) is 6.92 Å². The number of carbonyl (C=O) groups excluding carboxylic acids is 1. The van der Waals surface area contributed by atoms with Crippen molar-refractivity contribution in [2.45, 2.75) is 13.8 Å². The molecular formula is C22H26ClN3O2S. The summed E-state index contributed by atoms with van der Waals surface area (Å²) in [6, 6.07) is 13.0. The Kier molecular flexibility index (Phi) is 7.47. The molecule has 5 nitrogen and oxygen atoms in total. The van der Waals surface area contributed by atoms with Crippen molar-refractivity contribution < 1.29 is 9.53 Å². The molecule has 2 aromatic carbocycles. The molecule has 1 heterocycles. The minimum atomic E-state index is -0.238. The summed E-state index contributed by atoms with van der Waals surface area (Å²) >= 11 is 11.7. The lowest BCUT2D eigenvalue weighted by Gasteiger charge is -2.35. The molecule has 0 unspecified atom stereocenters. The summed E-state index contributed by atoms with van der Waals surface area (Å²) in [5.41, 5.74) is 2.61. The van der Waals surface area contributed by atoms with Crippen LogP contribution in [0.15, 0.2) is 42.5 Å². The number of piperazine rings is 1. The number of nitrogens with zero attached hydrogens (tertiary/aromatic N) is 2. The third kappa shape index (κ3) is 5.92. The Balaban J connectivity index is 1.49. The van der Waals surface area contributed by atoms with Crippen LogP contribution in [0.4, 0.5) is 5.69 Å². The SMILES string of the molecule is CCN1CCN(C(=S)c2ccc(OCC(=O)Nc3ccc(C)c(Cl)c3)cc2)CC1. The first-order chi connectivity index (χ1) is 14.0. The maximum absolute atomic E-state index is 12.1. The second kappa shape index (κ2) is 10.1. The molecule has 1 fully saturated rings. The number of anilines is 1. The predicted molar refractivity (Wildman–Crippen MR) is 122 cm³/mol. The first-order valence-electron chi connectivity index (χ1n) is 9.76. The monoisotopic (exact) mass is 431 g/mol. The zero-order valence-corrected chi connectivity index (χ0v) is 18.4. The molecule has 2 aromatic rings. The summed E-state index contributed by atoms with van der Waals surface area (Å²) in [7, 11) is 0. The van der Waals surface area contributed by atoms with E-state index in [2.05, 4.69) is 22.0 Å². The average Bonchev–Trinajstić information content (AvgIpc) is 2.75. The zero-order chi connectivity index (χ0) is 20.8. The van der Waals surface area contributed by atoms with Crippen LogP contribution in [0.1, 0.15) is 18.1 Å². The van der Waals surface area contributed by atoms with Crippen LogP contribution in [-0.2, 0) is 4.79 Å². The molecular weight excluding hydrogens is 406 g/mol. The Morgan fingerprint density at radius 3 is 2.45 bits per heavy atom. The molecule has 29 heavy (non-hydrogen) atoms. The van der Waals surface area contributed by atoms with Gasteiger partial charge in [0.15, 0.2) is 6.61 Å². The number of halogens is 1. The highest BCUT2D eigenvalue weighted by atomic mass is 35.5. The first kappa shape index (κ1) is 21.6. The molecule has 0 aliphatic carbocycles. The van der Waals surface area contributed by atoms with E-state index in [1.54, 1.807) is 6.07 Å². The normalized spacial score (nSPS) is 14.5. The summed E-state index contributed by atoms with van der Waals surface area (Å²) < 4.78 is 5.59. The lowest BCUT2D eigenvalue weighted by Crippen LogP contribution is -2.48. The zero-order valence-electron chi connectivity index (χ0n) is 16.8. The van der Waals surface area contributed by atoms with Crippen LogP contribution in [-0.4, -0.2) is 60.0 Å². The highest BCUT2D eigenvalue weighted by molar-refractivity contribution is 7.80. The van der Waals surface area contributed by atoms with Crippen LogP contribution >= 0.6 is 23.8 Å². The largest absolute Gasteiger partial charge is 0.484 e. The smallest absolute Gasteiger partial charge is 0.262 e. The lowest BCUT2D eigenvalue weighted by molar-refractivity contribution is -0.118. The van der Waals surface area contributed by atoms with Crippen molar-refractivity contribution in [3.8, 4) is 5.75 Å². The van der Waals surface area contributed by atoms with Crippen LogP contribution in [0.5, 0.6) is 5.75 Å². The molecule has 0 aromatic heterocycles. The van der Waals surface area contributed by atoms with Gasteiger partial charge in [0.25, 0.3) is 5.91 Å². The van der Waals surface area contributed by atoms with Gasteiger partial charge < -0.3 is 19.9 Å². The van der Waals surface area contributed by atoms with Crippen LogP contribution in [0.25, 0.3) is 0 Å². The number of carbonyl (C=O) groups is 1. The highest BCUT2D eigenvalue weighted by Crippen LogP contribution is 2.20. The number of ether oxygens (including phenoxy) is 1. The van der Waals surface area contributed by atoms with Crippen molar-refractivity contribution in [3.05, 3.63) is 58.6 Å². The topological polar surface area (TPSA) is 44.8 Å². The second-order valence-corrected chi connectivity index (χ2v) is 7.85. The number of rotatable bonds is 6. The molecule has 0 spiro atoms. The van der Waals surface area contributed by atoms with Crippen LogP contribution < -0.4 is 10.1 Å². The van der Waals surface area contributed by atoms with Gasteiger partial charge in [-0.1, -0.05) is 36.8 Å². The maximum atomic E-state index is 12.1. The molecule has 0 bridgehead atoms. The van der Waals surface area contributed by atoms with Gasteiger partial charge in [-0.2, -0.15) is 0 Å². The van der Waals surface area contributed by atoms with Gasteiger partial charge in [0.2, 0.25) is 0 Å². The second-order valence-electron chi connectivity index (χ2n) is 7.05. The summed E-state index contributed by atoms with van der Waals surface area (Å²) in [6.07, 6.45) is 0. The molecule has 1 aliphatic rings. The fourth-order valence-electron chi connectivity index (χ4n) is 3.16. The van der Waals surface area contributed by atoms with Gasteiger partial charge in [-0.25, -0.2) is 0 Å². The van der Waals surface area contributed by atoms with E-state index in [1.165, 1.54) is 0 Å². The summed E-state index contributed by atoms with van der Waals surface area (Å²) in [5.74, 6) is 0.391. The average molecular weight is 432 g/mol. The van der Waals surface area contributed by atoms with E-state index < -0.39 is 0 Å². The van der Waals surface area contributed by atoms with Gasteiger partial charge in [0, 0.05) is 42.5 Å². The van der Waals surface area contributed by atoms with E-state index in [0.717, 1.165) is 48.8 Å².